The van der Waals surface area contributed by atoms with E-state index in [-0.39, 0.29) is 56.9 Å². The van der Waals surface area contributed by atoms with Gasteiger partial charge in [-0.2, -0.15) is 0 Å². The predicted octanol–water partition coefficient (Wildman–Crippen LogP) is -0.979. The Labute approximate surface area is 168 Å². The minimum atomic E-state index is -1.83. The number of carbonyl (C=O) groups is 5. The third-order valence-electron chi connectivity index (χ3n) is 0. The van der Waals surface area contributed by atoms with Crippen LogP contribution in [0.4, 0.5) is 4.79 Å². The average molecular weight is 535 g/mol. The zero-order valence-electron chi connectivity index (χ0n) is 11.9. The first-order valence-corrected chi connectivity index (χ1v) is 4.36. The van der Waals surface area contributed by atoms with Crippen molar-refractivity contribution in [3.8, 4) is 0 Å². The molecule has 0 aliphatic heterocycles. The van der Waals surface area contributed by atoms with Gasteiger partial charge in [-0.15, -0.1) is 0 Å². The van der Waals surface area contributed by atoms with Crippen molar-refractivity contribution in [1.82, 2.24) is 0 Å². The Bertz CT molecular complexity index is 216. The van der Waals surface area contributed by atoms with Crippen LogP contribution in [0.25, 0.3) is 0 Å². The monoisotopic (exact) mass is 536 g/mol. The van der Waals surface area contributed by atoms with Gasteiger partial charge in [-0.05, 0) is 0 Å². The van der Waals surface area contributed by atoms with Gasteiger partial charge in [0.05, 0.1) is 0 Å². The summed E-state index contributed by atoms with van der Waals surface area (Å²) >= 11 is 0. The summed E-state index contributed by atoms with van der Waals surface area (Å²) in [5.74, 6) is -3.33. The van der Waals surface area contributed by atoms with E-state index in [9.17, 15) is 0 Å². The minimum absolute atomic E-state index is 0. The SMILES string of the molecule is CC(=O)O.CC(=O)O.CC(=O)O.CC(=O)O.O=C(O)O.[NaH].[PbH2]. The molecular weight excluding hydrogens is 514 g/mol. The van der Waals surface area contributed by atoms with Crippen LogP contribution in [0, 0.1) is 0 Å². The van der Waals surface area contributed by atoms with Crippen molar-refractivity contribution >= 4 is 86.9 Å². The van der Waals surface area contributed by atoms with Crippen molar-refractivity contribution in [2.24, 2.45) is 0 Å². The molecule has 0 spiro atoms. The molecular formula is C9H21NaO11Pb. The maximum absolute atomic E-state index is 9.00. The van der Waals surface area contributed by atoms with Gasteiger partial charge < -0.3 is 30.6 Å². The Hall–Kier alpha value is -0.928. The second kappa shape index (κ2) is 36.9. The van der Waals surface area contributed by atoms with Crippen LogP contribution in [0.3, 0.4) is 0 Å². The van der Waals surface area contributed by atoms with Crippen molar-refractivity contribution in [3.05, 3.63) is 0 Å². The van der Waals surface area contributed by atoms with Gasteiger partial charge in [0.2, 0.25) is 0 Å². The molecule has 0 fully saturated rings. The molecule has 0 saturated carbocycles. The van der Waals surface area contributed by atoms with E-state index >= 15 is 0 Å². The molecule has 13 heteroatoms. The molecule has 11 nitrogen and oxygen atoms in total. The van der Waals surface area contributed by atoms with Crippen LogP contribution >= 0.6 is 0 Å². The number of hydrogen-bond donors (Lipinski definition) is 6. The summed E-state index contributed by atoms with van der Waals surface area (Å²) in [7, 11) is 0. The zero-order chi connectivity index (χ0) is 17.9. The van der Waals surface area contributed by atoms with Gasteiger partial charge in [0.1, 0.15) is 0 Å². The third kappa shape index (κ3) is 7230. The van der Waals surface area contributed by atoms with Crippen molar-refractivity contribution in [1.29, 1.82) is 0 Å². The van der Waals surface area contributed by atoms with E-state index in [1.54, 1.807) is 0 Å². The second-order valence-electron chi connectivity index (χ2n) is 2.36. The Morgan fingerprint density at radius 1 is 0.500 bits per heavy atom. The van der Waals surface area contributed by atoms with Crippen LogP contribution in [0.2, 0.25) is 0 Å². The van der Waals surface area contributed by atoms with Gasteiger partial charge in [0.15, 0.2) is 0 Å². The molecule has 0 saturated heterocycles. The van der Waals surface area contributed by atoms with Gasteiger partial charge in [-0.3, -0.25) is 19.2 Å². The topological polar surface area (TPSA) is 207 Å². The molecule has 0 aromatic carbocycles. The van der Waals surface area contributed by atoms with E-state index in [1.165, 1.54) is 0 Å². The van der Waals surface area contributed by atoms with Crippen molar-refractivity contribution in [2.75, 3.05) is 0 Å². The second-order valence-corrected chi connectivity index (χ2v) is 2.36. The predicted molar refractivity (Wildman–Crippen MR) is 79.6 cm³/mol. The number of carboxylic acids is 4. The Morgan fingerprint density at radius 3 is 0.500 bits per heavy atom. The summed E-state index contributed by atoms with van der Waals surface area (Å²) in [6.45, 7) is 4.33. The van der Waals surface area contributed by atoms with Crippen molar-refractivity contribution in [3.63, 3.8) is 0 Å². The molecule has 0 rings (SSSR count). The Kier molecular flexibility index (Phi) is 71.8. The molecule has 0 aromatic heterocycles. The molecule has 128 valence electrons. The van der Waals surface area contributed by atoms with Crippen LogP contribution < -0.4 is 0 Å². The van der Waals surface area contributed by atoms with Gasteiger partial charge >= 0.3 is 63.0 Å². The molecule has 0 amide bonds. The van der Waals surface area contributed by atoms with E-state index in [0.717, 1.165) is 27.7 Å². The number of carboxylic acid groups (broad SMARTS) is 6. The molecule has 6 N–H and O–H groups in total. The first kappa shape index (κ1) is 42.9. The molecule has 0 aliphatic carbocycles. The summed E-state index contributed by atoms with van der Waals surface area (Å²) in [4.78, 5) is 44.6. The fraction of sp³-hybridized carbons (Fsp3) is 0.444. The quantitative estimate of drug-likeness (QED) is 0.208. The van der Waals surface area contributed by atoms with Crippen molar-refractivity contribution in [2.45, 2.75) is 27.7 Å². The first-order chi connectivity index (χ1) is 8.66. The van der Waals surface area contributed by atoms with Crippen LogP contribution in [0.15, 0.2) is 0 Å². The van der Waals surface area contributed by atoms with Crippen LogP contribution in [0.5, 0.6) is 0 Å². The Morgan fingerprint density at radius 2 is 0.500 bits per heavy atom. The first-order valence-electron chi connectivity index (χ1n) is 4.36. The molecule has 0 unspecified atom stereocenters. The maximum atomic E-state index is 9.00. The summed E-state index contributed by atoms with van der Waals surface area (Å²) in [5, 5.41) is 43.6. The van der Waals surface area contributed by atoms with Gasteiger partial charge in [-0.25, -0.2) is 4.79 Å². The van der Waals surface area contributed by atoms with E-state index in [1.807, 2.05) is 0 Å². The Balaban J connectivity index is -0.0000000250. The number of hydrogen-bond acceptors (Lipinski definition) is 5. The van der Waals surface area contributed by atoms with Crippen molar-refractivity contribution < 1.29 is 54.6 Å². The van der Waals surface area contributed by atoms with E-state index in [0.29, 0.717) is 0 Å². The van der Waals surface area contributed by atoms with E-state index in [4.69, 9.17) is 54.6 Å². The fourth-order valence-corrected chi connectivity index (χ4v) is 0. The number of rotatable bonds is 0. The fourth-order valence-electron chi connectivity index (χ4n) is 0. The molecule has 22 heavy (non-hydrogen) atoms. The summed E-state index contributed by atoms with van der Waals surface area (Å²) in [6, 6.07) is 0. The summed E-state index contributed by atoms with van der Waals surface area (Å²) in [5.41, 5.74) is 0. The van der Waals surface area contributed by atoms with E-state index in [2.05, 4.69) is 0 Å². The average Bonchev–Trinajstić information content (AvgIpc) is 1.94. The summed E-state index contributed by atoms with van der Waals surface area (Å²) < 4.78 is 0. The van der Waals surface area contributed by atoms with Gasteiger partial charge in [0.25, 0.3) is 23.9 Å². The molecule has 0 atom stereocenters. The van der Waals surface area contributed by atoms with E-state index < -0.39 is 30.0 Å². The van der Waals surface area contributed by atoms with Crippen LogP contribution in [-0.2, 0) is 19.2 Å². The molecule has 0 aromatic rings. The normalized spacial score (nSPS) is 5.64. The standard InChI is InChI=1S/4C2H4O2.CH2O3.Na.Pb.3H/c4*1-2(3)4;2-1(3)4;;;;;/h4*1H3,(H,3,4);(H2,2,3,4);;;;;. The molecule has 0 bridgehead atoms. The molecule has 2 radical (unpaired) electrons. The van der Waals surface area contributed by atoms with Crippen LogP contribution in [-0.4, -0.2) is 118 Å². The molecule has 0 aliphatic rings. The number of aliphatic carboxylic acids is 4. The van der Waals surface area contributed by atoms with Gasteiger partial charge in [-0.1, -0.05) is 0 Å². The zero-order valence-corrected chi connectivity index (χ0v) is 17.4. The third-order valence-corrected chi connectivity index (χ3v) is 0. The van der Waals surface area contributed by atoms with Gasteiger partial charge in [0, 0.05) is 27.7 Å². The molecule has 0 heterocycles. The summed E-state index contributed by atoms with van der Waals surface area (Å²) in [6.07, 6.45) is -1.83. The van der Waals surface area contributed by atoms with Crippen LogP contribution in [0.1, 0.15) is 27.7 Å².